The van der Waals surface area contributed by atoms with Crippen LogP contribution in [0.1, 0.15) is 96.7 Å². The average molecular weight is 609 g/mol. The molecule has 2 aromatic carbocycles. The van der Waals surface area contributed by atoms with Crippen LogP contribution in [0.4, 0.5) is 24.5 Å². The Labute approximate surface area is 255 Å². The molecule has 0 radical (unpaired) electrons. The number of carbonyl (C=O) groups excluding carboxylic acids is 1. The Kier molecular flexibility index (Phi) is 7.04. The van der Waals surface area contributed by atoms with Crippen LogP contribution in [0, 0.1) is 0 Å². The number of alkyl halides is 3. The number of ether oxygens (including phenoxy) is 1. The van der Waals surface area contributed by atoms with Crippen molar-refractivity contribution in [2.24, 2.45) is 7.05 Å². The summed E-state index contributed by atoms with van der Waals surface area (Å²) in [6.07, 6.45) is 4.86. The smallest absolute Gasteiger partial charge is 0.382 e. The SMILES string of the molecule is CO[C@H]1C[C@@](c2cc(NC3CCC3)cc(N3Cc4c(cc(CNC5(C)CCC5)cc4C(F)(F)F)C3=O)c2)(c2nncn2C)C1. The number of hydrogen-bond donors (Lipinski definition) is 2. The molecule has 0 atom stereocenters. The average Bonchev–Trinajstić information content (AvgIpc) is 3.50. The fraction of sp³-hybridized carbons (Fsp3) is 0.545. The van der Waals surface area contributed by atoms with Gasteiger partial charge in [-0.25, -0.2) is 0 Å². The number of hydrogen-bond acceptors (Lipinski definition) is 6. The van der Waals surface area contributed by atoms with E-state index in [9.17, 15) is 18.0 Å². The molecule has 3 aliphatic carbocycles. The highest BCUT2D eigenvalue weighted by Gasteiger charge is 2.51. The lowest BCUT2D eigenvalue weighted by Gasteiger charge is -2.46. The Bertz CT molecular complexity index is 1590. The number of nitrogens with zero attached hydrogens (tertiary/aromatic N) is 4. The van der Waals surface area contributed by atoms with Gasteiger partial charge in [-0.2, -0.15) is 13.2 Å². The van der Waals surface area contributed by atoms with Gasteiger partial charge >= 0.3 is 6.18 Å². The third-order valence-corrected chi connectivity index (χ3v) is 10.5. The number of aromatic nitrogens is 3. The van der Waals surface area contributed by atoms with Crippen LogP contribution in [0.5, 0.6) is 0 Å². The van der Waals surface area contributed by atoms with Crippen molar-refractivity contribution in [1.29, 1.82) is 0 Å². The summed E-state index contributed by atoms with van der Waals surface area (Å²) in [5.74, 6) is 0.385. The minimum absolute atomic E-state index is 0.0334. The molecule has 0 saturated heterocycles. The zero-order valence-corrected chi connectivity index (χ0v) is 25.4. The van der Waals surface area contributed by atoms with E-state index >= 15 is 0 Å². The van der Waals surface area contributed by atoms with Crippen LogP contribution in [0.2, 0.25) is 0 Å². The van der Waals surface area contributed by atoms with Crippen molar-refractivity contribution in [1.82, 2.24) is 20.1 Å². The Balaban J connectivity index is 1.28. The van der Waals surface area contributed by atoms with Crippen LogP contribution in [0.3, 0.4) is 0 Å². The second-order valence-corrected chi connectivity index (χ2v) is 13.5. The fourth-order valence-corrected chi connectivity index (χ4v) is 7.29. The highest BCUT2D eigenvalue weighted by molar-refractivity contribution is 6.10. The van der Waals surface area contributed by atoms with Crippen LogP contribution < -0.4 is 15.5 Å². The largest absolute Gasteiger partial charge is 0.416 e. The molecule has 3 fully saturated rings. The molecule has 2 N–H and O–H groups in total. The molecule has 44 heavy (non-hydrogen) atoms. The zero-order valence-electron chi connectivity index (χ0n) is 25.4. The fourth-order valence-electron chi connectivity index (χ4n) is 7.29. The molecule has 0 bridgehead atoms. The van der Waals surface area contributed by atoms with Gasteiger partial charge in [0.05, 0.1) is 23.6 Å². The molecular formula is C33H39F3N6O2. The van der Waals surface area contributed by atoms with E-state index in [2.05, 4.69) is 33.8 Å². The highest BCUT2D eigenvalue weighted by atomic mass is 19.4. The van der Waals surface area contributed by atoms with Gasteiger partial charge in [0.15, 0.2) is 0 Å². The summed E-state index contributed by atoms with van der Waals surface area (Å²) < 4.78 is 50.9. The molecule has 0 spiro atoms. The standard InChI is InChI=1S/C33H39F3N6O2/c1-31(8-5-9-31)37-17-20-10-26-27(28(11-20)33(34,35)36)18-42(29(26)43)24-13-21(12-23(14-24)39-22-6-4-7-22)32(15-25(16-32)44-3)30-40-38-19-41(30)2/h10-14,19,22,25,37,39H,4-9,15-18H2,1-3H3/t25-,32+. The zero-order chi connectivity index (χ0) is 30.9. The number of fused-ring (bicyclic) bond motifs is 1. The van der Waals surface area contributed by atoms with Crippen molar-refractivity contribution in [2.45, 2.75) is 101 Å². The van der Waals surface area contributed by atoms with Crippen LogP contribution in [-0.2, 0) is 36.5 Å². The molecule has 0 unspecified atom stereocenters. The van der Waals surface area contributed by atoms with E-state index in [4.69, 9.17) is 4.74 Å². The number of carbonyl (C=O) groups is 1. The van der Waals surface area contributed by atoms with E-state index in [-0.39, 0.29) is 35.9 Å². The lowest BCUT2D eigenvalue weighted by molar-refractivity contribution is -0.138. The third-order valence-electron chi connectivity index (χ3n) is 10.5. The molecule has 1 aromatic heterocycles. The summed E-state index contributed by atoms with van der Waals surface area (Å²) in [6, 6.07) is 9.14. The maximum Gasteiger partial charge on any atom is 0.416 e. The number of benzene rings is 2. The summed E-state index contributed by atoms with van der Waals surface area (Å²) in [7, 11) is 3.60. The normalized spacial score (nSPS) is 24.5. The van der Waals surface area contributed by atoms with Gasteiger partial charge in [0.2, 0.25) is 0 Å². The monoisotopic (exact) mass is 608 g/mol. The van der Waals surface area contributed by atoms with E-state index in [1.165, 1.54) is 11.0 Å². The van der Waals surface area contributed by atoms with Crippen molar-refractivity contribution in [2.75, 3.05) is 17.3 Å². The summed E-state index contributed by atoms with van der Waals surface area (Å²) in [6.45, 7) is 2.23. The van der Waals surface area contributed by atoms with Gasteiger partial charge in [-0.1, -0.05) is 0 Å². The van der Waals surface area contributed by atoms with E-state index in [1.54, 1.807) is 19.5 Å². The van der Waals surface area contributed by atoms with E-state index in [0.29, 0.717) is 30.1 Å². The molecule has 3 aromatic rings. The maximum absolute atomic E-state index is 14.4. The van der Waals surface area contributed by atoms with Crippen molar-refractivity contribution >= 4 is 17.3 Å². The van der Waals surface area contributed by atoms with Crippen molar-refractivity contribution < 1.29 is 22.7 Å². The van der Waals surface area contributed by atoms with Crippen LogP contribution in [0.15, 0.2) is 36.7 Å². The molecule has 1 amide bonds. The lowest BCUT2D eigenvalue weighted by atomic mass is 9.61. The minimum atomic E-state index is -4.58. The Hall–Kier alpha value is -3.44. The Morgan fingerprint density at radius 3 is 2.45 bits per heavy atom. The number of rotatable bonds is 9. The van der Waals surface area contributed by atoms with Gasteiger partial charge in [0.25, 0.3) is 5.91 Å². The predicted molar refractivity (Wildman–Crippen MR) is 161 cm³/mol. The molecule has 8 nitrogen and oxygen atoms in total. The summed E-state index contributed by atoms with van der Waals surface area (Å²) >= 11 is 0. The number of anilines is 2. The number of halogens is 3. The highest BCUT2D eigenvalue weighted by Crippen LogP contribution is 2.51. The van der Waals surface area contributed by atoms with Gasteiger partial charge in [-0.05, 0) is 105 Å². The topological polar surface area (TPSA) is 84.3 Å². The first-order valence-electron chi connectivity index (χ1n) is 15.6. The maximum atomic E-state index is 14.4. The van der Waals surface area contributed by atoms with Gasteiger partial charge in [-0.3, -0.25) is 4.79 Å². The molecule has 234 valence electrons. The number of nitrogens with one attached hydrogen (secondary N) is 2. The summed E-state index contributed by atoms with van der Waals surface area (Å²) in [4.78, 5) is 15.5. The number of methoxy groups -OCH3 is 1. The predicted octanol–water partition coefficient (Wildman–Crippen LogP) is 6.09. The minimum Gasteiger partial charge on any atom is -0.382 e. The second-order valence-electron chi connectivity index (χ2n) is 13.5. The molecule has 3 saturated carbocycles. The van der Waals surface area contributed by atoms with Gasteiger partial charge in [0.1, 0.15) is 12.2 Å². The van der Waals surface area contributed by atoms with Crippen LogP contribution in [-0.4, -0.2) is 45.5 Å². The van der Waals surface area contributed by atoms with Crippen molar-refractivity contribution in [3.8, 4) is 0 Å². The van der Waals surface area contributed by atoms with E-state index in [0.717, 1.165) is 55.6 Å². The quantitative estimate of drug-likeness (QED) is 0.306. The summed E-state index contributed by atoms with van der Waals surface area (Å²) in [5, 5.41) is 15.6. The van der Waals surface area contributed by atoms with Gasteiger partial charge in [0, 0.05) is 49.2 Å². The Morgan fingerprint density at radius 1 is 1.09 bits per heavy atom. The molecule has 7 rings (SSSR count). The van der Waals surface area contributed by atoms with E-state index in [1.807, 2.05) is 23.7 Å². The lowest BCUT2D eigenvalue weighted by Crippen LogP contribution is -2.48. The number of amides is 1. The molecule has 2 heterocycles. The molecular weight excluding hydrogens is 569 g/mol. The van der Waals surface area contributed by atoms with Crippen LogP contribution in [0.25, 0.3) is 0 Å². The molecule has 4 aliphatic rings. The van der Waals surface area contributed by atoms with Gasteiger partial charge < -0.3 is 24.8 Å². The van der Waals surface area contributed by atoms with E-state index < -0.39 is 23.1 Å². The van der Waals surface area contributed by atoms with Gasteiger partial charge in [-0.15, -0.1) is 10.2 Å². The molecule has 1 aliphatic heterocycles. The first-order chi connectivity index (χ1) is 21.0. The molecule has 11 heteroatoms. The number of aryl methyl sites for hydroxylation is 1. The van der Waals surface area contributed by atoms with Crippen LogP contribution >= 0.6 is 0 Å². The third kappa shape index (κ3) is 4.98. The summed E-state index contributed by atoms with van der Waals surface area (Å²) in [5.41, 5.74) is 1.70. The van der Waals surface area contributed by atoms with Crippen molar-refractivity contribution in [3.05, 3.63) is 70.3 Å². The first-order valence-corrected chi connectivity index (χ1v) is 15.6. The Morgan fingerprint density at radius 2 is 1.86 bits per heavy atom. The first kappa shape index (κ1) is 29.3. The van der Waals surface area contributed by atoms with Crippen molar-refractivity contribution in [3.63, 3.8) is 0 Å². The second kappa shape index (κ2) is 10.6.